The first kappa shape index (κ1) is 14.4. The fourth-order valence-corrected chi connectivity index (χ4v) is 2.40. The van der Waals surface area contributed by atoms with Gasteiger partial charge in [0.05, 0.1) is 6.54 Å². The van der Waals surface area contributed by atoms with Gasteiger partial charge >= 0.3 is 0 Å². The molecule has 19 heavy (non-hydrogen) atoms. The topological polar surface area (TPSA) is 63.4 Å². The molecule has 2 heterocycles. The number of piperidine rings is 1. The predicted molar refractivity (Wildman–Crippen MR) is 71.6 cm³/mol. The first-order chi connectivity index (χ1) is 9.19. The molecule has 6 nitrogen and oxygen atoms in total. The van der Waals surface area contributed by atoms with Crippen molar-refractivity contribution in [1.29, 1.82) is 0 Å². The monoisotopic (exact) mass is 268 g/mol. The summed E-state index contributed by atoms with van der Waals surface area (Å²) in [6.45, 7) is 7.88. The Morgan fingerprint density at radius 3 is 2.79 bits per heavy atom. The maximum absolute atomic E-state index is 5.06. The Hall–Kier alpha value is -0.980. The zero-order chi connectivity index (χ0) is 13.7. The molecule has 1 aliphatic rings. The Kier molecular flexibility index (Phi) is 5.30. The quantitative estimate of drug-likeness (QED) is 0.836. The lowest BCUT2D eigenvalue weighted by Gasteiger charge is -2.34. The Balaban J connectivity index is 1.71. The van der Waals surface area contributed by atoms with Crippen LogP contribution in [0.4, 0.5) is 0 Å². The van der Waals surface area contributed by atoms with Crippen molar-refractivity contribution in [1.82, 2.24) is 20.4 Å². The molecule has 0 amide bonds. The average Bonchev–Trinajstić information content (AvgIpc) is 2.85. The summed E-state index contributed by atoms with van der Waals surface area (Å²) in [5, 5.41) is 7.42. The summed E-state index contributed by atoms with van der Waals surface area (Å²) in [5.41, 5.74) is 0. The number of hydrogen-bond acceptors (Lipinski definition) is 6. The van der Waals surface area contributed by atoms with E-state index in [0.717, 1.165) is 13.1 Å². The summed E-state index contributed by atoms with van der Waals surface area (Å²) in [4.78, 5) is 6.77. The van der Waals surface area contributed by atoms with E-state index < -0.39 is 0 Å². The van der Waals surface area contributed by atoms with E-state index in [1.54, 1.807) is 7.11 Å². The molecule has 0 aromatic carbocycles. The molecule has 0 spiro atoms. The summed E-state index contributed by atoms with van der Waals surface area (Å²) >= 11 is 0. The molecular formula is C13H24N4O2. The van der Waals surface area contributed by atoms with E-state index >= 15 is 0 Å². The van der Waals surface area contributed by atoms with Crippen molar-refractivity contribution < 1.29 is 9.26 Å². The molecule has 0 atom stereocenters. The van der Waals surface area contributed by atoms with Crippen LogP contribution in [0.3, 0.4) is 0 Å². The van der Waals surface area contributed by atoms with Gasteiger partial charge in [0.2, 0.25) is 0 Å². The Bertz CT molecular complexity index is 372. The highest BCUT2D eigenvalue weighted by molar-refractivity contribution is 4.86. The van der Waals surface area contributed by atoms with E-state index in [2.05, 4.69) is 34.2 Å². The van der Waals surface area contributed by atoms with Crippen LogP contribution in [-0.4, -0.2) is 47.3 Å². The first-order valence-electron chi connectivity index (χ1n) is 6.97. The van der Waals surface area contributed by atoms with Gasteiger partial charge in [-0.3, -0.25) is 0 Å². The van der Waals surface area contributed by atoms with Gasteiger partial charge in [-0.15, -0.1) is 0 Å². The van der Waals surface area contributed by atoms with Gasteiger partial charge in [-0.25, -0.2) is 0 Å². The predicted octanol–water partition coefficient (Wildman–Crippen LogP) is 1.18. The third-order valence-corrected chi connectivity index (χ3v) is 3.59. The van der Waals surface area contributed by atoms with Crippen LogP contribution in [0.5, 0.6) is 0 Å². The Morgan fingerprint density at radius 1 is 1.42 bits per heavy atom. The fraction of sp³-hybridized carbons (Fsp3) is 0.846. The van der Waals surface area contributed by atoms with Crippen LogP contribution in [0, 0.1) is 0 Å². The lowest BCUT2D eigenvalue weighted by Crippen LogP contribution is -2.44. The van der Waals surface area contributed by atoms with Crippen LogP contribution >= 0.6 is 0 Å². The highest BCUT2D eigenvalue weighted by atomic mass is 16.5. The third kappa shape index (κ3) is 4.26. The van der Waals surface area contributed by atoms with E-state index in [-0.39, 0.29) is 0 Å². The first-order valence-corrected chi connectivity index (χ1v) is 6.97. The minimum atomic E-state index is 0.375. The highest BCUT2D eigenvalue weighted by Gasteiger charge is 2.20. The summed E-state index contributed by atoms with van der Waals surface area (Å²) in [6, 6.07) is 1.20. The fourth-order valence-electron chi connectivity index (χ4n) is 2.40. The van der Waals surface area contributed by atoms with E-state index in [1.165, 1.54) is 12.8 Å². The SMILES string of the molecule is COCc1nc(CNC2CCN(C(C)C)CC2)no1. The van der Waals surface area contributed by atoms with Crippen LogP contribution in [0.25, 0.3) is 0 Å². The molecule has 1 aliphatic heterocycles. The number of aromatic nitrogens is 2. The van der Waals surface area contributed by atoms with Crippen molar-refractivity contribution in [2.24, 2.45) is 0 Å². The molecule has 0 saturated carbocycles. The minimum Gasteiger partial charge on any atom is -0.375 e. The number of ether oxygens (including phenoxy) is 1. The number of hydrogen-bond donors (Lipinski definition) is 1. The molecule has 1 saturated heterocycles. The zero-order valence-electron chi connectivity index (χ0n) is 12.1. The lowest BCUT2D eigenvalue weighted by molar-refractivity contribution is 0.151. The molecule has 0 bridgehead atoms. The van der Waals surface area contributed by atoms with Gasteiger partial charge in [-0.2, -0.15) is 4.98 Å². The van der Waals surface area contributed by atoms with Crippen molar-refractivity contribution in [3.8, 4) is 0 Å². The van der Waals surface area contributed by atoms with Crippen LogP contribution in [0.2, 0.25) is 0 Å². The molecule has 0 unspecified atom stereocenters. The van der Waals surface area contributed by atoms with Gasteiger partial charge in [0.15, 0.2) is 5.82 Å². The standard InChI is InChI=1S/C13H24N4O2/c1-10(2)17-6-4-11(5-7-17)14-8-12-15-13(9-18-3)19-16-12/h10-11,14H,4-9H2,1-3H3. The third-order valence-electron chi connectivity index (χ3n) is 3.59. The lowest BCUT2D eigenvalue weighted by atomic mass is 10.0. The van der Waals surface area contributed by atoms with Crippen molar-refractivity contribution in [2.45, 2.75) is 51.9 Å². The van der Waals surface area contributed by atoms with Crippen LogP contribution in [0.15, 0.2) is 4.52 Å². The van der Waals surface area contributed by atoms with Gasteiger partial charge in [0, 0.05) is 19.2 Å². The normalized spacial score (nSPS) is 18.3. The average molecular weight is 268 g/mol. The molecule has 2 rings (SSSR count). The highest BCUT2D eigenvalue weighted by Crippen LogP contribution is 2.13. The zero-order valence-corrected chi connectivity index (χ0v) is 12.1. The minimum absolute atomic E-state index is 0.375. The van der Waals surface area contributed by atoms with Crippen LogP contribution in [0.1, 0.15) is 38.4 Å². The molecule has 6 heteroatoms. The molecule has 1 aromatic rings. The number of nitrogens with zero attached hydrogens (tertiary/aromatic N) is 3. The molecule has 1 fully saturated rings. The number of nitrogens with one attached hydrogen (secondary N) is 1. The van der Waals surface area contributed by atoms with Gasteiger partial charge in [0.1, 0.15) is 6.61 Å². The van der Waals surface area contributed by atoms with Gasteiger partial charge < -0.3 is 19.5 Å². The van der Waals surface area contributed by atoms with Crippen molar-refractivity contribution in [3.05, 3.63) is 11.7 Å². The summed E-state index contributed by atoms with van der Waals surface area (Å²) < 4.78 is 10.0. The van der Waals surface area contributed by atoms with E-state index in [0.29, 0.717) is 37.0 Å². The molecule has 1 N–H and O–H groups in total. The van der Waals surface area contributed by atoms with Crippen molar-refractivity contribution >= 4 is 0 Å². The maximum Gasteiger partial charge on any atom is 0.252 e. The Morgan fingerprint density at radius 2 is 2.16 bits per heavy atom. The summed E-state index contributed by atoms with van der Waals surface area (Å²) in [5.74, 6) is 1.24. The Labute approximate surface area is 114 Å². The second-order valence-corrected chi connectivity index (χ2v) is 5.32. The van der Waals surface area contributed by atoms with Gasteiger partial charge in [-0.05, 0) is 39.8 Å². The second kappa shape index (κ2) is 6.98. The molecule has 1 aromatic heterocycles. The van der Waals surface area contributed by atoms with E-state index in [4.69, 9.17) is 9.26 Å². The molecule has 0 radical (unpaired) electrons. The molecule has 0 aliphatic carbocycles. The largest absolute Gasteiger partial charge is 0.375 e. The molecule has 108 valence electrons. The van der Waals surface area contributed by atoms with E-state index in [9.17, 15) is 0 Å². The second-order valence-electron chi connectivity index (χ2n) is 5.32. The van der Waals surface area contributed by atoms with Gasteiger partial charge in [0.25, 0.3) is 5.89 Å². The number of methoxy groups -OCH3 is 1. The smallest absolute Gasteiger partial charge is 0.252 e. The molecular weight excluding hydrogens is 244 g/mol. The van der Waals surface area contributed by atoms with Crippen molar-refractivity contribution in [3.63, 3.8) is 0 Å². The van der Waals surface area contributed by atoms with Crippen LogP contribution < -0.4 is 5.32 Å². The van der Waals surface area contributed by atoms with Crippen LogP contribution in [-0.2, 0) is 17.9 Å². The van der Waals surface area contributed by atoms with Crippen molar-refractivity contribution in [2.75, 3.05) is 20.2 Å². The maximum atomic E-state index is 5.06. The number of likely N-dealkylation sites (tertiary alicyclic amines) is 1. The number of rotatable bonds is 6. The summed E-state index contributed by atoms with van der Waals surface area (Å²) in [7, 11) is 1.62. The summed E-state index contributed by atoms with van der Waals surface area (Å²) in [6.07, 6.45) is 2.36. The van der Waals surface area contributed by atoms with E-state index in [1.807, 2.05) is 0 Å². The van der Waals surface area contributed by atoms with Gasteiger partial charge in [-0.1, -0.05) is 5.16 Å².